The molecule has 4 heteroatoms. The number of hydrogen-bond donors (Lipinski definition) is 2. The van der Waals surface area contributed by atoms with E-state index in [-0.39, 0.29) is 11.3 Å². The van der Waals surface area contributed by atoms with Crippen LogP contribution in [0, 0.1) is 30.1 Å². The molecule has 0 spiro atoms. The van der Waals surface area contributed by atoms with Crippen molar-refractivity contribution in [3.63, 3.8) is 0 Å². The lowest BCUT2D eigenvalue weighted by Crippen LogP contribution is -2.47. The summed E-state index contributed by atoms with van der Waals surface area (Å²) in [6.07, 6.45) is 8.74. The summed E-state index contributed by atoms with van der Waals surface area (Å²) in [6, 6.07) is 14.3. The molecule has 4 aliphatic rings. The third kappa shape index (κ3) is 3.13. The number of fused-ring (bicyclic) bond motifs is 1. The SMILES string of the molecule is Cc1ccc(-c2nc3ccccc3[nH]2)cc1NC(=O)CC12CC3CC(CC(C3)C1)C2. The Balaban J connectivity index is 1.22. The molecular weight excluding hydrogens is 370 g/mol. The number of aryl methyl sites for hydroxylation is 1. The molecule has 2 aromatic carbocycles. The van der Waals surface area contributed by atoms with Crippen LogP contribution in [-0.4, -0.2) is 15.9 Å². The predicted octanol–water partition coefficient (Wildman–Crippen LogP) is 6.08. The van der Waals surface area contributed by atoms with Gasteiger partial charge >= 0.3 is 0 Å². The molecule has 0 saturated heterocycles. The van der Waals surface area contributed by atoms with Crippen LogP contribution >= 0.6 is 0 Å². The Hall–Kier alpha value is -2.62. The first kappa shape index (κ1) is 18.2. The average molecular weight is 400 g/mol. The maximum atomic E-state index is 13.1. The lowest BCUT2D eigenvalue weighted by Gasteiger charge is -2.56. The van der Waals surface area contributed by atoms with Crippen LogP contribution in [0.15, 0.2) is 42.5 Å². The largest absolute Gasteiger partial charge is 0.338 e. The van der Waals surface area contributed by atoms with E-state index in [0.29, 0.717) is 6.42 Å². The van der Waals surface area contributed by atoms with E-state index in [9.17, 15) is 4.79 Å². The van der Waals surface area contributed by atoms with E-state index in [4.69, 9.17) is 4.98 Å². The zero-order valence-electron chi connectivity index (χ0n) is 17.6. The molecule has 30 heavy (non-hydrogen) atoms. The number of nitrogens with zero attached hydrogens (tertiary/aromatic N) is 1. The fourth-order valence-electron chi connectivity index (χ4n) is 7.03. The number of anilines is 1. The molecule has 4 aliphatic carbocycles. The van der Waals surface area contributed by atoms with Crippen molar-refractivity contribution in [2.24, 2.45) is 23.2 Å². The minimum Gasteiger partial charge on any atom is -0.338 e. The third-order valence-electron chi connectivity index (χ3n) is 7.88. The molecule has 0 radical (unpaired) electrons. The Kier molecular flexibility index (Phi) is 4.06. The monoisotopic (exact) mass is 399 g/mol. The number of H-pyrrole nitrogens is 1. The molecule has 4 nitrogen and oxygen atoms in total. The molecule has 7 rings (SSSR count). The normalized spacial score (nSPS) is 29.4. The summed E-state index contributed by atoms with van der Waals surface area (Å²) in [5.41, 5.74) is 5.25. The Morgan fingerprint density at radius 2 is 1.77 bits per heavy atom. The van der Waals surface area contributed by atoms with E-state index in [1.165, 1.54) is 38.5 Å². The number of hydrogen-bond acceptors (Lipinski definition) is 2. The molecule has 1 aromatic heterocycles. The molecule has 154 valence electrons. The van der Waals surface area contributed by atoms with E-state index in [1.807, 2.05) is 24.3 Å². The Morgan fingerprint density at radius 3 is 2.47 bits per heavy atom. The van der Waals surface area contributed by atoms with Crippen LogP contribution in [0.4, 0.5) is 5.69 Å². The highest BCUT2D eigenvalue weighted by Crippen LogP contribution is 2.61. The first-order valence-electron chi connectivity index (χ1n) is 11.4. The molecule has 2 N–H and O–H groups in total. The number of carbonyl (C=O) groups is 1. The second-order valence-corrected chi connectivity index (χ2v) is 10.3. The number of aromatic nitrogens is 2. The van der Waals surface area contributed by atoms with Crippen molar-refractivity contribution in [3.8, 4) is 11.4 Å². The van der Waals surface area contributed by atoms with Crippen molar-refractivity contribution in [3.05, 3.63) is 48.0 Å². The maximum Gasteiger partial charge on any atom is 0.224 e. The summed E-state index contributed by atoms with van der Waals surface area (Å²) >= 11 is 0. The van der Waals surface area contributed by atoms with Crippen LogP contribution in [0.5, 0.6) is 0 Å². The number of benzene rings is 2. The fourth-order valence-corrected chi connectivity index (χ4v) is 7.03. The Bertz CT molecular complexity index is 1060. The van der Waals surface area contributed by atoms with Crippen LogP contribution in [0.2, 0.25) is 0 Å². The Morgan fingerprint density at radius 1 is 1.07 bits per heavy atom. The van der Waals surface area contributed by atoms with Crippen molar-refractivity contribution in [2.75, 3.05) is 5.32 Å². The van der Waals surface area contributed by atoms with Crippen molar-refractivity contribution < 1.29 is 4.79 Å². The summed E-state index contributed by atoms with van der Waals surface area (Å²) in [7, 11) is 0. The van der Waals surface area contributed by atoms with Gasteiger partial charge in [-0.2, -0.15) is 0 Å². The van der Waals surface area contributed by atoms with Gasteiger partial charge in [0.15, 0.2) is 0 Å². The zero-order chi connectivity index (χ0) is 20.3. The molecule has 0 aliphatic heterocycles. The maximum absolute atomic E-state index is 13.1. The number of imidazole rings is 1. The molecule has 4 saturated carbocycles. The van der Waals surface area contributed by atoms with Crippen molar-refractivity contribution in [2.45, 2.75) is 51.9 Å². The second-order valence-electron chi connectivity index (χ2n) is 10.3. The number of para-hydroxylation sites is 2. The molecule has 1 amide bonds. The van der Waals surface area contributed by atoms with Gasteiger partial charge in [0.05, 0.1) is 11.0 Å². The molecule has 4 bridgehead atoms. The minimum atomic E-state index is 0.182. The highest BCUT2D eigenvalue weighted by atomic mass is 16.1. The summed E-state index contributed by atoms with van der Waals surface area (Å²) in [6.45, 7) is 2.06. The van der Waals surface area contributed by atoms with Crippen LogP contribution < -0.4 is 5.32 Å². The number of rotatable bonds is 4. The number of amides is 1. The summed E-state index contributed by atoms with van der Waals surface area (Å²) in [4.78, 5) is 21.2. The van der Waals surface area contributed by atoms with Crippen LogP contribution in [-0.2, 0) is 4.79 Å². The van der Waals surface area contributed by atoms with Gasteiger partial charge < -0.3 is 10.3 Å². The molecule has 3 aromatic rings. The number of aromatic amines is 1. The third-order valence-corrected chi connectivity index (χ3v) is 7.88. The summed E-state index contributed by atoms with van der Waals surface area (Å²) in [5.74, 6) is 3.65. The first-order valence-corrected chi connectivity index (χ1v) is 11.4. The highest BCUT2D eigenvalue weighted by molar-refractivity contribution is 5.93. The van der Waals surface area contributed by atoms with Gasteiger partial charge in [-0.05, 0) is 92.4 Å². The lowest BCUT2D eigenvalue weighted by atomic mass is 9.49. The summed E-state index contributed by atoms with van der Waals surface area (Å²) in [5, 5.41) is 3.25. The van der Waals surface area contributed by atoms with E-state index >= 15 is 0 Å². The standard InChI is InChI=1S/C26H29N3O/c1-16-6-7-20(25-28-21-4-2-3-5-22(21)29-25)11-23(16)27-24(30)15-26-12-17-8-18(13-26)10-19(9-17)14-26/h2-7,11,17-19H,8-10,12-15H2,1H3,(H,27,30)(H,28,29). The smallest absolute Gasteiger partial charge is 0.224 e. The van der Waals surface area contributed by atoms with E-state index in [1.54, 1.807) is 0 Å². The lowest BCUT2D eigenvalue weighted by molar-refractivity contribution is -0.124. The van der Waals surface area contributed by atoms with Crippen molar-refractivity contribution in [1.82, 2.24) is 9.97 Å². The second kappa shape index (κ2) is 6.69. The molecule has 4 fully saturated rings. The van der Waals surface area contributed by atoms with Gasteiger partial charge in [-0.1, -0.05) is 24.3 Å². The van der Waals surface area contributed by atoms with E-state index in [2.05, 4.69) is 35.4 Å². The quantitative estimate of drug-likeness (QED) is 0.558. The van der Waals surface area contributed by atoms with Crippen LogP contribution in [0.1, 0.15) is 50.5 Å². The van der Waals surface area contributed by atoms with Gasteiger partial charge in [-0.15, -0.1) is 0 Å². The zero-order valence-corrected chi connectivity index (χ0v) is 17.6. The number of nitrogens with one attached hydrogen (secondary N) is 2. The van der Waals surface area contributed by atoms with Crippen molar-refractivity contribution in [1.29, 1.82) is 0 Å². The van der Waals surface area contributed by atoms with Gasteiger partial charge in [0.1, 0.15) is 5.82 Å². The van der Waals surface area contributed by atoms with Gasteiger partial charge in [-0.25, -0.2) is 4.98 Å². The highest BCUT2D eigenvalue weighted by Gasteiger charge is 2.51. The van der Waals surface area contributed by atoms with E-state index < -0.39 is 0 Å². The summed E-state index contributed by atoms with van der Waals surface area (Å²) < 4.78 is 0. The van der Waals surface area contributed by atoms with Gasteiger partial charge in [0.25, 0.3) is 0 Å². The molecular formula is C26H29N3O. The topological polar surface area (TPSA) is 57.8 Å². The van der Waals surface area contributed by atoms with Gasteiger partial charge in [0.2, 0.25) is 5.91 Å². The predicted molar refractivity (Wildman–Crippen MR) is 120 cm³/mol. The first-order chi connectivity index (χ1) is 14.6. The van der Waals surface area contributed by atoms with Gasteiger partial charge in [-0.3, -0.25) is 4.79 Å². The fraction of sp³-hybridized carbons (Fsp3) is 0.462. The molecule has 1 heterocycles. The van der Waals surface area contributed by atoms with Gasteiger partial charge in [0, 0.05) is 17.7 Å². The van der Waals surface area contributed by atoms with Crippen LogP contribution in [0.3, 0.4) is 0 Å². The Labute approximate surface area is 177 Å². The molecule has 0 unspecified atom stereocenters. The molecule has 0 atom stereocenters. The van der Waals surface area contributed by atoms with Crippen molar-refractivity contribution >= 4 is 22.6 Å². The van der Waals surface area contributed by atoms with Crippen LogP contribution in [0.25, 0.3) is 22.4 Å². The number of carbonyl (C=O) groups excluding carboxylic acids is 1. The average Bonchev–Trinajstić information content (AvgIpc) is 3.12. The van der Waals surface area contributed by atoms with E-state index in [0.717, 1.165) is 51.4 Å². The minimum absolute atomic E-state index is 0.182.